The Balaban J connectivity index is 1.38. The lowest BCUT2D eigenvalue weighted by molar-refractivity contribution is -0.130. The lowest BCUT2D eigenvalue weighted by atomic mass is 9.95. The smallest absolute Gasteiger partial charge is 0.223 e. The van der Waals surface area contributed by atoms with Gasteiger partial charge < -0.3 is 15.1 Å². The Bertz CT molecular complexity index is 937. The number of hydrogen-bond acceptors (Lipinski definition) is 4. The van der Waals surface area contributed by atoms with Crippen LogP contribution in [0.2, 0.25) is 0 Å². The quantitative estimate of drug-likeness (QED) is 0.740. The van der Waals surface area contributed by atoms with E-state index in [4.69, 9.17) is 10.2 Å². The van der Waals surface area contributed by atoms with E-state index < -0.39 is 0 Å². The zero-order valence-corrected chi connectivity index (χ0v) is 16.0. The minimum atomic E-state index is -0.0278. The molecule has 28 heavy (non-hydrogen) atoms. The number of carbonyl (C=O) groups excluding carboxylic acids is 1. The van der Waals surface area contributed by atoms with E-state index in [1.165, 1.54) is 5.56 Å². The van der Waals surface area contributed by atoms with Gasteiger partial charge in [-0.05, 0) is 12.5 Å². The molecule has 144 valence electrons. The Morgan fingerprint density at radius 1 is 1.11 bits per heavy atom. The molecule has 2 N–H and O–H groups in total. The van der Waals surface area contributed by atoms with Crippen molar-refractivity contribution >= 4 is 5.91 Å². The highest BCUT2D eigenvalue weighted by Gasteiger charge is 2.33. The molecule has 2 aromatic carbocycles. The van der Waals surface area contributed by atoms with Crippen molar-refractivity contribution in [2.45, 2.75) is 31.7 Å². The van der Waals surface area contributed by atoms with Crippen molar-refractivity contribution in [3.63, 3.8) is 0 Å². The summed E-state index contributed by atoms with van der Waals surface area (Å²) in [6.45, 7) is 3.20. The summed E-state index contributed by atoms with van der Waals surface area (Å²) in [7, 11) is 0. The summed E-state index contributed by atoms with van der Waals surface area (Å²) in [6, 6.07) is 20.1. The summed E-state index contributed by atoms with van der Waals surface area (Å²) >= 11 is 0. The predicted octanol–water partition coefficient (Wildman–Crippen LogP) is 3.54. The number of nitrogens with two attached hydrogens (primary N) is 1. The topological polar surface area (TPSA) is 72.4 Å². The number of amides is 1. The van der Waals surface area contributed by atoms with Crippen LogP contribution in [0.3, 0.4) is 0 Å². The molecule has 0 spiro atoms. The molecule has 1 saturated heterocycles. The van der Waals surface area contributed by atoms with Crippen molar-refractivity contribution < 1.29 is 9.21 Å². The monoisotopic (exact) mass is 375 g/mol. The van der Waals surface area contributed by atoms with Crippen molar-refractivity contribution in [3.8, 4) is 11.3 Å². The zero-order valence-electron chi connectivity index (χ0n) is 16.0. The predicted molar refractivity (Wildman–Crippen MR) is 109 cm³/mol. The first kappa shape index (κ1) is 18.4. The van der Waals surface area contributed by atoms with Gasteiger partial charge in [0, 0.05) is 43.5 Å². The van der Waals surface area contributed by atoms with Crippen molar-refractivity contribution in [1.29, 1.82) is 0 Å². The minimum absolute atomic E-state index is 0.0278. The van der Waals surface area contributed by atoms with Crippen molar-refractivity contribution in [1.82, 2.24) is 9.88 Å². The van der Waals surface area contributed by atoms with Gasteiger partial charge in [0.15, 0.2) is 11.7 Å². The standard InChI is InChI=1S/C23H25N3O2/c1-16-23(18-10-6-3-7-11-18)28-21(25-16)12-13-22(27)26-14-19(20(24)15-26)17-8-4-2-5-9-17/h2-11,19-20H,12-15,24H2,1H3/t19-,20+/m0/s1. The van der Waals surface area contributed by atoms with Gasteiger partial charge in [-0.25, -0.2) is 4.98 Å². The lowest BCUT2D eigenvalue weighted by Crippen LogP contribution is -2.32. The Kier molecular flexibility index (Phi) is 5.26. The second kappa shape index (κ2) is 7.98. The fourth-order valence-corrected chi connectivity index (χ4v) is 3.87. The van der Waals surface area contributed by atoms with Crippen molar-refractivity contribution in [2.75, 3.05) is 13.1 Å². The molecule has 1 amide bonds. The molecule has 1 fully saturated rings. The van der Waals surface area contributed by atoms with Crippen LogP contribution in [0.15, 0.2) is 65.1 Å². The first-order valence-electron chi connectivity index (χ1n) is 9.72. The number of rotatable bonds is 5. The third-order valence-electron chi connectivity index (χ3n) is 5.38. The molecule has 4 rings (SSSR count). The van der Waals surface area contributed by atoms with Gasteiger partial charge in [0.25, 0.3) is 0 Å². The van der Waals surface area contributed by atoms with Crippen molar-refractivity contribution in [2.24, 2.45) is 5.73 Å². The first-order chi connectivity index (χ1) is 13.6. The van der Waals surface area contributed by atoms with Crippen LogP contribution in [0.5, 0.6) is 0 Å². The minimum Gasteiger partial charge on any atom is -0.440 e. The molecule has 0 radical (unpaired) electrons. The van der Waals surface area contributed by atoms with Crippen LogP contribution in [-0.4, -0.2) is 34.9 Å². The third-order valence-corrected chi connectivity index (χ3v) is 5.38. The number of aromatic nitrogens is 1. The highest BCUT2D eigenvalue weighted by molar-refractivity contribution is 5.77. The Hall–Kier alpha value is -2.92. The van der Waals surface area contributed by atoms with E-state index in [-0.39, 0.29) is 17.9 Å². The Morgan fingerprint density at radius 3 is 2.50 bits per heavy atom. The number of carbonyl (C=O) groups is 1. The molecule has 3 aromatic rings. The van der Waals surface area contributed by atoms with E-state index in [2.05, 4.69) is 17.1 Å². The molecule has 2 heterocycles. The third kappa shape index (κ3) is 3.85. The van der Waals surface area contributed by atoms with Crippen molar-refractivity contribution in [3.05, 3.63) is 77.8 Å². The van der Waals surface area contributed by atoms with Crippen LogP contribution < -0.4 is 5.73 Å². The normalized spacial score (nSPS) is 19.1. The summed E-state index contributed by atoms with van der Waals surface area (Å²) in [5, 5.41) is 0. The fraction of sp³-hybridized carbons (Fsp3) is 0.304. The second-order valence-electron chi connectivity index (χ2n) is 7.37. The van der Waals surface area contributed by atoms with Gasteiger partial charge in [0.2, 0.25) is 5.91 Å². The Labute approximate surface area is 165 Å². The van der Waals surface area contributed by atoms with Gasteiger partial charge in [-0.2, -0.15) is 0 Å². The molecule has 0 saturated carbocycles. The molecule has 1 aliphatic heterocycles. The molecule has 0 unspecified atom stereocenters. The average molecular weight is 375 g/mol. The molecular weight excluding hydrogens is 350 g/mol. The largest absolute Gasteiger partial charge is 0.440 e. The van der Waals surface area contributed by atoms with Crippen LogP contribution in [0.4, 0.5) is 0 Å². The summed E-state index contributed by atoms with van der Waals surface area (Å²) in [4.78, 5) is 19.1. The van der Waals surface area contributed by atoms with E-state index in [1.807, 2.05) is 60.4 Å². The maximum atomic E-state index is 12.7. The lowest BCUT2D eigenvalue weighted by Gasteiger charge is -2.16. The summed E-state index contributed by atoms with van der Waals surface area (Å²) < 4.78 is 5.92. The molecule has 1 aliphatic rings. The van der Waals surface area contributed by atoms with Gasteiger partial charge in [-0.15, -0.1) is 0 Å². The molecular formula is C23H25N3O2. The second-order valence-corrected chi connectivity index (χ2v) is 7.37. The summed E-state index contributed by atoms with van der Waals surface area (Å²) in [6.07, 6.45) is 0.872. The number of hydrogen-bond donors (Lipinski definition) is 1. The van der Waals surface area contributed by atoms with Crippen LogP contribution in [0, 0.1) is 6.92 Å². The number of nitrogens with zero attached hydrogens (tertiary/aromatic N) is 2. The van der Waals surface area contributed by atoms with E-state index >= 15 is 0 Å². The zero-order chi connectivity index (χ0) is 19.5. The molecule has 0 bridgehead atoms. The Morgan fingerprint density at radius 2 is 1.79 bits per heavy atom. The molecule has 5 heteroatoms. The summed E-state index contributed by atoms with van der Waals surface area (Å²) in [5.41, 5.74) is 9.35. The van der Waals surface area contributed by atoms with E-state index in [0.717, 1.165) is 17.0 Å². The molecule has 1 aromatic heterocycles. The van der Waals surface area contributed by atoms with Crippen LogP contribution in [0.25, 0.3) is 11.3 Å². The highest BCUT2D eigenvalue weighted by Crippen LogP contribution is 2.28. The fourth-order valence-electron chi connectivity index (χ4n) is 3.87. The first-order valence-corrected chi connectivity index (χ1v) is 9.72. The van der Waals surface area contributed by atoms with E-state index in [9.17, 15) is 4.79 Å². The van der Waals surface area contributed by atoms with Gasteiger partial charge >= 0.3 is 0 Å². The molecule has 0 aliphatic carbocycles. The van der Waals surface area contributed by atoms with Gasteiger partial charge in [0.1, 0.15) is 0 Å². The van der Waals surface area contributed by atoms with Gasteiger partial charge in [-0.1, -0.05) is 60.7 Å². The van der Waals surface area contributed by atoms with Gasteiger partial charge in [0.05, 0.1) is 5.69 Å². The highest BCUT2D eigenvalue weighted by atomic mass is 16.4. The number of aryl methyl sites for hydroxylation is 2. The molecule has 2 atom stereocenters. The maximum Gasteiger partial charge on any atom is 0.223 e. The molecule has 5 nitrogen and oxygen atoms in total. The van der Waals surface area contributed by atoms with Crippen LogP contribution >= 0.6 is 0 Å². The summed E-state index contributed by atoms with van der Waals surface area (Å²) in [5.74, 6) is 1.67. The number of oxazole rings is 1. The van der Waals surface area contributed by atoms with E-state index in [0.29, 0.717) is 31.8 Å². The van der Waals surface area contributed by atoms with Crippen LogP contribution in [-0.2, 0) is 11.2 Å². The number of benzene rings is 2. The van der Waals surface area contributed by atoms with E-state index in [1.54, 1.807) is 0 Å². The van der Waals surface area contributed by atoms with Crippen LogP contribution in [0.1, 0.15) is 29.5 Å². The number of likely N-dealkylation sites (tertiary alicyclic amines) is 1. The SMILES string of the molecule is Cc1nc(CCC(=O)N2C[C@@H](N)[C@H](c3ccccc3)C2)oc1-c1ccccc1. The average Bonchev–Trinajstić information content (AvgIpc) is 3.30. The maximum absolute atomic E-state index is 12.7. The van der Waals surface area contributed by atoms with Gasteiger partial charge in [-0.3, -0.25) is 4.79 Å².